The Hall–Kier alpha value is -3.14. The Morgan fingerprint density at radius 2 is 1.69 bits per heavy atom. The summed E-state index contributed by atoms with van der Waals surface area (Å²) in [4.78, 5) is 13.2. The Kier molecular flexibility index (Phi) is 6.31. The summed E-state index contributed by atoms with van der Waals surface area (Å²) in [6.07, 6.45) is 0.196. The summed E-state index contributed by atoms with van der Waals surface area (Å²) >= 11 is 0.944. The molecule has 1 aromatic heterocycles. The second-order valence-electron chi connectivity index (χ2n) is 7.62. The highest BCUT2D eigenvalue weighted by molar-refractivity contribution is 7.89. The fourth-order valence-corrected chi connectivity index (χ4v) is 5.52. The zero-order chi connectivity index (χ0) is 22.7. The molecule has 0 bridgehead atoms. The van der Waals surface area contributed by atoms with Crippen molar-refractivity contribution in [1.82, 2.24) is 13.5 Å². The second kappa shape index (κ2) is 9.15. The first kappa shape index (κ1) is 22.1. The number of aryl methyl sites for hydroxylation is 2. The van der Waals surface area contributed by atoms with Crippen molar-refractivity contribution < 1.29 is 13.2 Å². The highest BCUT2D eigenvalue weighted by Gasteiger charge is 2.28. The van der Waals surface area contributed by atoms with E-state index in [1.165, 1.54) is 6.07 Å². The largest absolute Gasteiger partial charge is 0.325 e. The van der Waals surface area contributed by atoms with Crippen LogP contribution in [0, 0.1) is 13.8 Å². The average Bonchev–Trinajstić information content (AvgIpc) is 3.22. The number of anilines is 1. The molecular weight excluding hydrogens is 444 g/mol. The predicted molar refractivity (Wildman–Crippen MR) is 126 cm³/mol. The molecule has 0 aliphatic carbocycles. The Balaban J connectivity index is 1.65. The van der Waals surface area contributed by atoms with E-state index in [1.54, 1.807) is 12.1 Å². The summed E-state index contributed by atoms with van der Waals surface area (Å²) in [5.41, 5.74) is 4.25. The van der Waals surface area contributed by atoms with Gasteiger partial charge in [-0.05, 0) is 61.2 Å². The van der Waals surface area contributed by atoms with E-state index >= 15 is 0 Å². The quantitative estimate of drug-likeness (QED) is 0.431. The molecule has 1 heterocycles. The van der Waals surface area contributed by atoms with Crippen LogP contribution in [-0.4, -0.2) is 29.1 Å². The van der Waals surface area contributed by atoms with Crippen molar-refractivity contribution in [3.8, 4) is 0 Å². The monoisotopic (exact) mass is 466 g/mol. The highest BCUT2D eigenvalue weighted by Crippen LogP contribution is 2.22. The maximum atomic E-state index is 13.3. The molecule has 164 valence electrons. The molecule has 0 aliphatic heterocycles. The molecule has 1 unspecified atom stereocenters. The third kappa shape index (κ3) is 5.01. The summed E-state index contributed by atoms with van der Waals surface area (Å²) < 4.78 is 37.3. The van der Waals surface area contributed by atoms with Crippen molar-refractivity contribution in [2.45, 2.75) is 31.2 Å². The maximum Gasteiger partial charge on any atom is 0.243 e. The van der Waals surface area contributed by atoms with Gasteiger partial charge in [-0.1, -0.05) is 42.5 Å². The number of carbonyl (C=O) groups is 1. The lowest BCUT2D eigenvalue weighted by Gasteiger charge is -2.19. The minimum absolute atomic E-state index is 0.000937. The lowest BCUT2D eigenvalue weighted by atomic mass is 10.1. The number of hydrogen-bond acceptors (Lipinski definition) is 6. The van der Waals surface area contributed by atoms with Crippen molar-refractivity contribution in [1.29, 1.82) is 0 Å². The number of nitrogens with one attached hydrogen (secondary N) is 2. The van der Waals surface area contributed by atoms with Crippen LogP contribution in [0.1, 0.15) is 16.7 Å². The van der Waals surface area contributed by atoms with Crippen molar-refractivity contribution in [3.05, 3.63) is 83.4 Å². The minimum atomic E-state index is -4.04. The lowest BCUT2D eigenvalue weighted by molar-refractivity contribution is -0.117. The van der Waals surface area contributed by atoms with E-state index in [0.717, 1.165) is 28.4 Å². The predicted octanol–water partition coefficient (Wildman–Crippen LogP) is 3.84. The fraction of sp³-hybridized carbons (Fsp3) is 0.174. The number of amides is 1. The molecule has 3 aromatic carbocycles. The van der Waals surface area contributed by atoms with Gasteiger partial charge in [0, 0.05) is 5.69 Å². The van der Waals surface area contributed by atoms with Crippen LogP contribution >= 0.6 is 11.7 Å². The van der Waals surface area contributed by atoms with E-state index in [0.29, 0.717) is 11.2 Å². The molecule has 1 amide bonds. The third-order valence-electron chi connectivity index (χ3n) is 4.92. The highest BCUT2D eigenvalue weighted by atomic mass is 32.2. The van der Waals surface area contributed by atoms with Crippen LogP contribution in [0.15, 0.2) is 71.6 Å². The van der Waals surface area contributed by atoms with Gasteiger partial charge in [0.2, 0.25) is 15.9 Å². The molecule has 0 saturated heterocycles. The van der Waals surface area contributed by atoms with Crippen LogP contribution in [0.4, 0.5) is 5.69 Å². The van der Waals surface area contributed by atoms with E-state index in [9.17, 15) is 13.2 Å². The Labute approximate surface area is 190 Å². The van der Waals surface area contributed by atoms with Gasteiger partial charge in [-0.3, -0.25) is 4.79 Å². The topological polar surface area (TPSA) is 101 Å². The molecule has 4 aromatic rings. The van der Waals surface area contributed by atoms with Gasteiger partial charge in [-0.15, -0.1) is 0 Å². The van der Waals surface area contributed by atoms with Crippen LogP contribution in [0.2, 0.25) is 0 Å². The van der Waals surface area contributed by atoms with Gasteiger partial charge in [0.15, 0.2) is 0 Å². The van der Waals surface area contributed by atoms with Gasteiger partial charge in [0.05, 0.1) is 11.7 Å². The van der Waals surface area contributed by atoms with Crippen molar-refractivity contribution in [2.24, 2.45) is 0 Å². The van der Waals surface area contributed by atoms with Crippen molar-refractivity contribution in [3.63, 3.8) is 0 Å². The molecule has 2 N–H and O–H groups in total. The van der Waals surface area contributed by atoms with Gasteiger partial charge < -0.3 is 5.32 Å². The molecule has 0 saturated carbocycles. The first-order chi connectivity index (χ1) is 15.3. The zero-order valence-corrected chi connectivity index (χ0v) is 19.2. The van der Waals surface area contributed by atoms with E-state index in [4.69, 9.17) is 0 Å². The van der Waals surface area contributed by atoms with Gasteiger partial charge in [-0.25, -0.2) is 8.42 Å². The minimum Gasteiger partial charge on any atom is -0.325 e. The molecule has 0 radical (unpaired) electrons. The van der Waals surface area contributed by atoms with Crippen molar-refractivity contribution in [2.75, 3.05) is 5.32 Å². The number of rotatable bonds is 7. The average molecular weight is 467 g/mol. The van der Waals surface area contributed by atoms with Crippen LogP contribution in [0.5, 0.6) is 0 Å². The van der Waals surface area contributed by atoms with Gasteiger partial charge in [0.1, 0.15) is 22.0 Å². The molecule has 1 atom stereocenters. The van der Waals surface area contributed by atoms with Crippen LogP contribution in [0.25, 0.3) is 11.0 Å². The summed E-state index contributed by atoms with van der Waals surface area (Å²) in [5.74, 6) is -0.439. The van der Waals surface area contributed by atoms with E-state index < -0.39 is 22.0 Å². The first-order valence-electron chi connectivity index (χ1n) is 9.98. The van der Waals surface area contributed by atoms with Crippen LogP contribution in [-0.2, 0) is 21.2 Å². The van der Waals surface area contributed by atoms with E-state index in [2.05, 4.69) is 18.8 Å². The molecule has 7 nitrogen and oxygen atoms in total. The standard InChI is InChI=1S/C23H22N4O3S2/c1-15-11-16(2)13-18(12-15)24-23(28)20(14-17-7-4-3-5-8-17)27-32(29,30)21-10-6-9-19-22(21)26-31-25-19/h3-13,20,27H,14H2,1-2H3,(H,24,28). The molecular formula is C23H22N4O3S2. The Bertz CT molecular complexity index is 1350. The smallest absolute Gasteiger partial charge is 0.243 e. The summed E-state index contributed by atoms with van der Waals surface area (Å²) in [7, 11) is -4.04. The summed E-state index contributed by atoms with van der Waals surface area (Å²) in [5, 5.41) is 2.86. The van der Waals surface area contributed by atoms with Crippen molar-refractivity contribution >= 4 is 44.4 Å². The maximum absolute atomic E-state index is 13.3. The first-order valence-corrected chi connectivity index (χ1v) is 12.2. The van der Waals surface area contributed by atoms with Crippen LogP contribution < -0.4 is 10.0 Å². The number of carbonyl (C=O) groups excluding carboxylic acids is 1. The number of hydrogen-bond donors (Lipinski definition) is 2. The normalized spacial score (nSPS) is 12.6. The van der Waals surface area contributed by atoms with Crippen LogP contribution in [0.3, 0.4) is 0 Å². The number of aromatic nitrogens is 2. The SMILES string of the molecule is Cc1cc(C)cc(NC(=O)C(Cc2ccccc2)NS(=O)(=O)c2cccc3nsnc23)c1. The number of fused-ring (bicyclic) bond motifs is 1. The van der Waals surface area contributed by atoms with E-state index in [-0.39, 0.29) is 16.8 Å². The lowest BCUT2D eigenvalue weighted by Crippen LogP contribution is -2.45. The Morgan fingerprint density at radius 3 is 2.41 bits per heavy atom. The number of benzene rings is 3. The fourth-order valence-electron chi connectivity index (χ4n) is 3.56. The van der Waals surface area contributed by atoms with E-state index in [1.807, 2.05) is 62.4 Å². The number of nitrogens with zero attached hydrogens (tertiary/aromatic N) is 2. The third-order valence-corrected chi connectivity index (χ3v) is 6.97. The Morgan fingerprint density at radius 1 is 0.969 bits per heavy atom. The van der Waals surface area contributed by atoms with Gasteiger partial charge >= 0.3 is 0 Å². The second-order valence-corrected chi connectivity index (χ2v) is 9.83. The number of sulfonamides is 1. The van der Waals surface area contributed by atoms with Gasteiger partial charge in [-0.2, -0.15) is 13.5 Å². The van der Waals surface area contributed by atoms with Gasteiger partial charge in [0.25, 0.3) is 0 Å². The molecule has 4 rings (SSSR count). The molecule has 0 spiro atoms. The molecule has 9 heteroatoms. The summed E-state index contributed by atoms with van der Waals surface area (Å²) in [6, 6.07) is 18.7. The summed E-state index contributed by atoms with van der Waals surface area (Å²) in [6.45, 7) is 3.88. The molecule has 0 aliphatic rings. The molecule has 32 heavy (non-hydrogen) atoms. The molecule has 0 fully saturated rings. The zero-order valence-electron chi connectivity index (χ0n) is 17.6.